The van der Waals surface area contributed by atoms with Crippen LogP contribution in [0.4, 0.5) is 0 Å². The molecule has 0 amide bonds. The highest BCUT2D eigenvalue weighted by Gasteiger charge is 2.65. The van der Waals surface area contributed by atoms with Crippen LogP contribution >= 0.6 is 0 Å². The van der Waals surface area contributed by atoms with Gasteiger partial charge in [0, 0.05) is 5.54 Å². The summed E-state index contributed by atoms with van der Waals surface area (Å²) >= 11 is 0. The Morgan fingerprint density at radius 2 is 1.67 bits per heavy atom. The van der Waals surface area contributed by atoms with E-state index < -0.39 is 0 Å². The van der Waals surface area contributed by atoms with Crippen molar-refractivity contribution in [1.29, 1.82) is 0 Å². The number of carbonyl (C=O) groups excluding carboxylic acids is 1. The molecule has 8 unspecified atom stereocenters. The minimum Gasteiger partial charge on any atom is -0.461 e. The summed E-state index contributed by atoms with van der Waals surface area (Å²) in [4.78, 5) is 12.9. The smallest absolute Gasteiger partial charge is 0.309 e. The van der Waals surface area contributed by atoms with E-state index in [0.29, 0.717) is 17.4 Å². The number of benzene rings is 1. The van der Waals surface area contributed by atoms with Crippen molar-refractivity contribution in [3.63, 3.8) is 0 Å². The maximum Gasteiger partial charge on any atom is 0.309 e. The van der Waals surface area contributed by atoms with Crippen LogP contribution in [0.25, 0.3) is 0 Å². The first-order valence-electron chi connectivity index (χ1n) is 17.5. The molecule has 0 spiro atoms. The largest absolute Gasteiger partial charge is 0.461 e. The maximum absolute atomic E-state index is 12.9. The van der Waals surface area contributed by atoms with Gasteiger partial charge in [-0.1, -0.05) is 76.6 Å². The van der Waals surface area contributed by atoms with Gasteiger partial charge in [-0.05, 0) is 140 Å². The second kappa shape index (κ2) is 10.4. The topological polar surface area (TPSA) is 52.3 Å². The summed E-state index contributed by atoms with van der Waals surface area (Å²) < 4.78 is 5.71. The van der Waals surface area contributed by atoms with Crippen LogP contribution in [0.1, 0.15) is 117 Å². The van der Waals surface area contributed by atoms with E-state index in [1.54, 1.807) is 5.57 Å². The van der Waals surface area contributed by atoms with E-state index in [1.165, 1.54) is 69.8 Å². The fourth-order valence-electron chi connectivity index (χ4n) is 12.6. The van der Waals surface area contributed by atoms with Crippen LogP contribution in [0, 0.1) is 51.8 Å². The van der Waals surface area contributed by atoms with E-state index in [2.05, 4.69) is 39.8 Å². The number of rotatable bonds is 4. The molecule has 0 bridgehead atoms. The van der Waals surface area contributed by atoms with Crippen molar-refractivity contribution in [2.45, 2.75) is 123 Å². The number of hydrogen-bond donors (Lipinski definition) is 1. The van der Waals surface area contributed by atoms with Crippen molar-refractivity contribution in [2.75, 3.05) is 0 Å². The van der Waals surface area contributed by atoms with Crippen LogP contribution in [0.5, 0.6) is 0 Å². The first-order valence-corrected chi connectivity index (χ1v) is 17.5. The molecule has 7 rings (SSSR count). The highest BCUT2D eigenvalue weighted by atomic mass is 16.5. The van der Waals surface area contributed by atoms with Crippen LogP contribution in [0.3, 0.4) is 0 Å². The molecule has 0 radical (unpaired) electrons. The predicted octanol–water partition coefficient (Wildman–Crippen LogP) is 9.17. The number of hydrogen-bond acceptors (Lipinski definition) is 3. The molecule has 0 aromatic heterocycles. The van der Waals surface area contributed by atoms with Crippen LogP contribution < -0.4 is 5.73 Å². The molecule has 6 aliphatic carbocycles. The maximum atomic E-state index is 12.9. The van der Waals surface area contributed by atoms with Crippen molar-refractivity contribution in [3.05, 3.63) is 59.2 Å². The molecule has 3 nitrogen and oxygen atoms in total. The zero-order valence-electron chi connectivity index (χ0n) is 26.8. The number of carbonyl (C=O) groups is 1. The molecule has 42 heavy (non-hydrogen) atoms. The van der Waals surface area contributed by atoms with E-state index in [1.807, 2.05) is 30.3 Å². The van der Waals surface area contributed by atoms with Crippen LogP contribution in [0.2, 0.25) is 0 Å². The minimum absolute atomic E-state index is 0.0109. The van der Waals surface area contributed by atoms with Gasteiger partial charge in [-0.15, -0.1) is 0 Å². The van der Waals surface area contributed by atoms with Crippen molar-refractivity contribution in [1.82, 2.24) is 0 Å². The Morgan fingerprint density at radius 3 is 2.43 bits per heavy atom. The molecule has 0 heterocycles. The van der Waals surface area contributed by atoms with Gasteiger partial charge in [-0.3, -0.25) is 4.79 Å². The second-order valence-corrected chi connectivity index (χ2v) is 16.6. The molecule has 1 aromatic carbocycles. The van der Waals surface area contributed by atoms with Crippen LogP contribution in [0.15, 0.2) is 53.6 Å². The molecule has 0 aliphatic heterocycles. The fraction of sp³-hybridized carbons (Fsp3) is 0.718. The molecule has 6 aliphatic rings. The molecule has 4 fully saturated rings. The third-order valence-corrected chi connectivity index (χ3v) is 14.5. The first kappa shape index (κ1) is 28.9. The average Bonchev–Trinajstić information content (AvgIpc) is 3.38. The van der Waals surface area contributed by atoms with E-state index in [0.717, 1.165) is 54.4 Å². The van der Waals surface area contributed by atoms with Gasteiger partial charge < -0.3 is 10.5 Å². The summed E-state index contributed by atoms with van der Waals surface area (Å²) in [7, 11) is 0. The summed E-state index contributed by atoms with van der Waals surface area (Å²) in [6, 6.07) is 10.0. The molecule has 1 aromatic rings. The summed E-state index contributed by atoms with van der Waals surface area (Å²) in [6.07, 6.45) is 21.2. The van der Waals surface area contributed by atoms with E-state index in [4.69, 9.17) is 10.5 Å². The van der Waals surface area contributed by atoms with Gasteiger partial charge in [0.15, 0.2) is 0 Å². The van der Waals surface area contributed by atoms with Gasteiger partial charge in [0.25, 0.3) is 0 Å². The van der Waals surface area contributed by atoms with E-state index >= 15 is 0 Å². The fourth-order valence-corrected chi connectivity index (χ4v) is 12.6. The number of ether oxygens (including phenoxy) is 1. The molecule has 4 saturated carbocycles. The molecular weight excluding hydrogens is 514 g/mol. The zero-order valence-corrected chi connectivity index (χ0v) is 26.8. The van der Waals surface area contributed by atoms with Gasteiger partial charge in [0.2, 0.25) is 0 Å². The normalized spacial score (nSPS) is 44.0. The Morgan fingerprint density at radius 1 is 0.857 bits per heavy atom. The lowest BCUT2D eigenvalue weighted by atomic mass is 9.37. The molecule has 2 N–H and O–H groups in total. The Balaban J connectivity index is 1.07. The number of nitrogens with two attached hydrogens (primary N) is 1. The summed E-state index contributed by atoms with van der Waals surface area (Å²) in [5.74, 6) is 4.02. The monoisotopic (exact) mass is 569 g/mol. The Kier molecular flexibility index (Phi) is 7.12. The number of fused-ring (bicyclic) bond motifs is 7. The van der Waals surface area contributed by atoms with Gasteiger partial charge in [0.1, 0.15) is 6.61 Å². The quantitative estimate of drug-likeness (QED) is 0.368. The Bertz CT molecular complexity index is 1260. The van der Waals surface area contributed by atoms with Gasteiger partial charge >= 0.3 is 5.97 Å². The van der Waals surface area contributed by atoms with Crippen LogP contribution in [-0.2, 0) is 16.1 Å². The second-order valence-electron chi connectivity index (χ2n) is 16.6. The minimum atomic E-state index is -0.0343. The van der Waals surface area contributed by atoms with Gasteiger partial charge in [0.05, 0.1) is 5.92 Å². The van der Waals surface area contributed by atoms with Crippen molar-refractivity contribution in [2.24, 2.45) is 57.5 Å². The highest BCUT2D eigenvalue weighted by molar-refractivity contribution is 5.73. The third-order valence-electron chi connectivity index (χ3n) is 14.5. The average molecular weight is 570 g/mol. The lowest BCUT2D eigenvalue weighted by Crippen LogP contribution is -2.63. The molecule has 228 valence electrons. The van der Waals surface area contributed by atoms with Gasteiger partial charge in [-0.25, -0.2) is 0 Å². The Labute approximate surface area is 255 Å². The predicted molar refractivity (Wildman–Crippen MR) is 170 cm³/mol. The molecule has 9 atom stereocenters. The lowest BCUT2D eigenvalue weighted by Gasteiger charge is -2.68. The van der Waals surface area contributed by atoms with Crippen molar-refractivity contribution >= 4 is 5.97 Å². The summed E-state index contributed by atoms with van der Waals surface area (Å²) in [6.45, 7) is 10.9. The van der Waals surface area contributed by atoms with Crippen molar-refractivity contribution < 1.29 is 9.53 Å². The SMILES string of the molecule is CC1(C)C(C2=CCC(C(=O)OCc3ccccc3)CC2)=CCC2(C)C1CCC1(C)C3CCC4(N)CCC[C@@H]4C3CCC12. The van der Waals surface area contributed by atoms with Crippen LogP contribution in [-0.4, -0.2) is 11.5 Å². The van der Waals surface area contributed by atoms with E-state index in [9.17, 15) is 4.79 Å². The molecule has 0 saturated heterocycles. The van der Waals surface area contributed by atoms with E-state index in [-0.39, 0.29) is 22.8 Å². The lowest BCUT2D eigenvalue weighted by molar-refractivity contribution is -0.173. The standard InChI is InChI=1S/C39H55NO2/c1-36(2)30(27-12-14-28(15-13-27)35(41)42-25-26-9-6-5-7-10-26)18-22-38(4)33(36)20-23-37(3)31-19-24-39(40)21-8-11-32(39)29(31)16-17-34(37)38/h5-7,9-10,12,18,28-29,31-34H,8,11,13-17,19-25,40H2,1-4H3/t28?,29?,31?,32-,33?,34?,37?,38?,39?/m1/s1. The third kappa shape index (κ3) is 4.41. The van der Waals surface area contributed by atoms with Gasteiger partial charge in [-0.2, -0.15) is 0 Å². The Hall–Kier alpha value is -1.87. The molecule has 3 heteroatoms. The van der Waals surface area contributed by atoms with Crippen molar-refractivity contribution in [3.8, 4) is 0 Å². The zero-order chi connectivity index (χ0) is 29.3. The number of allylic oxidation sites excluding steroid dienone is 4. The first-order chi connectivity index (χ1) is 20.1. The summed E-state index contributed by atoms with van der Waals surface area (Å²) in [5.41, 5.74) is 12.4. The highest BCUT2D eigenvalue weighted by Crippen LogP contribution is 2.72. The summed E-state index contributed by atoms with van der Waals surface area (Å²) in [5, 5.41) is 0. The number of esters is 1. The molecular formula is C39H55NO2.